The molecule has 1 aromatic heterocycles. The summed E-state index contributed by atoms with van der Waals surface area (Å²) in [4.78, 5) is 9.99. The smallest absolute Gasteiger partial charge is 0.171 e. The van der Waals surface area contributed by atoms with Crippen LogP contribution in [0.4, 0.5) is 5.82 Å². The third kappa shape index (κ3) is 1.73. The van der Waals surface area contributed by atoms with E-state index in [9.17, 15) is 5.11 Å². The van der Waals surface area contributed by atoms with Crippen molar-refractivity contribution in [2.24, 2.45) is 0 Å². The second-order valence-corrected chi connectivity index (χ2v) is 3.42. The Kier molecular flexibility index (Phi) is 2.33. The summed E-state index contributed by atoms with van der Waals surface area (Å²) >= 11 is 5.86. The second-order valence-electron chi connectivity index (χ2n) is 3.06. The van der Waals surface area contributed by atoms with Crippen LogP contribution in [0.15, 0.2) is 12.4 Å². The predicted molar refractivity (Wildman–Crippen MR) is 49.9 cm³/mol. The van der Waals surface area contributed by atoms with Crippen LogP contribution >= 0.6 is 11.6 Å². The Morgan fingerprint density at radius 1 is 1.46 bits per heavy atom. The van der Waals surface area contributed by atoms with Crippen molar-refractivity contribution in [3.8, 4) is 0 Å². The molecule has 2 rings (SSSR count). The normalized spacial score (nSPS) is 22.3. The maximum atomic E-state index is 9.32. The van der Waals surface area contributed by atoms with E-state index in [1.165, 1.54) is 0 Å². The molecule has 1 aliphatic rings. The number of aromatic nitrogens is 2. The van der Waals surface area contributed by atoms with Crippen LogP contribution in [0.5, 0.6) is 0 Å². The summed E-state index contributed by atoms with van der Waals surface area (Å²) in [5.74, 6) is 0.667. The molecule has 0 spiro atoms. The van der Waals surface area contributed by atoms with Crippen molar-refractivity contribution in [3.63, 3.8) is 0 Å². The van der Waals surface area contributed by atoms with Crippen molar-refractivity contribution in [2.45, 2.75) is 12.5 Å². The van der Waals surface area contributed by atoms with Crippen molar-refractivity contribution >= 4 is 17.4 Å². The molecule has 2 heterocycles. The van der Waals surface area contributed by atoms with E-state index in [2.05, 4.69) is 9.97 Å². The Bertz CT molecular complexity index is 307. The molecule has 1 fully saturated rings. The minimum atomic E-state index is -0.266. The zero-order chi connectivity index (χ0) is 9.26. The van der Waals surface area contributed by atoms with E-state index in [0.29, 0.717) is 17.5 Å². The summed E-state index contributed by atoms with van der Waals surface area (Å²) in [5.41, 5.74) is 0. The summed E-state index contributed by atoms with van der Waals surface area (Å²) in [7, 11) is 0. The molecular formula is C8H10ClN3O. The van der Waals surface area contributed by atoms with Gasteiger partial charge < -0.3 is 10.0 Å². The quantitative estimate of drug-likeness (QED) is 0.724. The number of anilines is 1. The van der Waals surface area contributed by atoms with E-state index < -0.39 is 0 Å². The van der Waals surface area contributed by atoms with Crippen LogP contribution in [-0.4, -0.2) is 34.3 Å². The maximum Gasteiger partial charge on any atom is 0.171 e. The minimum Gasteiger partial charge on any atom is -0.391 e. The first-order valence-corrected chi connectivity index (χ1v) is 4.54. The van der Waals surface area contributed by atoms with Crippen LogP contribution in [0.2, 0.25) is 5.15 Å². The Morgan fingerprint density at radius 3 is 2.85 bits per heavy atom. The molecule has 0 saturated carbocycles. The number of halogens is 1. The second kappa shape index (κ2) is 3.47. The number of β-amino-alcohol motifs (C(OH)–C–C–N with tert-alkyl or cyclic N) is 1. The molecule has 1 saturated heterocycles. The summed E-state index contributed by atoms with van der Waals surface area (Å²) in [6, 6.07) is 0. The van der Waals surface area contributed by atoms with Crippen LogP contribution in [0.1, 0.15) is 6.42 Å². The number of aliphatic hydroxyl groups is 1. The van der Waals surface area contributed by atoms with E-state index in [1.807, 2.05) is 4.90 Å². The van der Waals surface area contributed by atoms with Crippen LogP contribution in [-0.2, 0) is 0 Å². The first-order valence-electron chi connectivity index (χ1n) is 4.17. The maximum absolute atomic E-state index is 9.32. The Hall–Kier alpha value is -0.870. The monoisotopic (exact) mass is 199 g/mol. The number of rotatable bonds is 1. The fourth-order valence-electron chi connectivity index (χ4n) is 1.46. The van der Waals surface area contributed by atoms with Crippen LogP contribution in [0.3, 0.4) is 0 Å². The molecule has 1 atom stereocenters. The highest BCUT2D eigenvalue weighted by atomic mass is 35.5. The van der Waals surface area contributed by atoms with E-state index in [-0.39, 0.29) is 6.10 Å². The van der Waals surface area contributed by atoms with Crippen molar-refractivity contribution in [2.75, 3.05) is 18.0 Å². The average Bonchev–Trinajstić information content (AvgIpc) is 2.53. The highest BCUT2D eigenvalue weighted by Crippen LogP contribution is 2.23. The number of hydrogen-bond acceptors (Lipinski definition) is 4. The molecule has 0 aromatic carbocycles. The SMILES string of the molecule is O[C@H]1CCN(c2nccnc2Cl)C1. The van der Waals surface area contributed by atoms with Gasteiger partial charge in [0.15, 0.2) is 11.0 Å². The van der Waals surface area contributed by atoms with Gasteiger partial charge in [0.05, 0.1) is 6.10 Å². The van der Waals surface area contributed by atoms with Gasteiger partial charge in [0.25, 0.3) is 0 Å². The molecule has 0 radical (unpaired) electrons. The molecule has 70 valence electrons. The van der Waals surface area contributed by atoms with Crippen LogP contribution in [0, 0.1) is 0 Å². The average molecular weight is 200 g/mol. The van der Waals surface area contributed by atoms with Gasteiger partial charge in [-0.1, -0.05) is 11.6 Å². The Balaban J connectivity index is 2.21. The zero-order valence-electron chi connectivity index (χ0n) is 7.02. The molecule has 0 amide bonds. The summed E-state index contributed by atoms with van der Waals surface area (Å²) in [6.45, 7) is 1.39. The number of nitrogens with zero attached hydrogens (tertiary/aromatic N) is 3. The van der Waals surface area contributed by atoms with Crippen LogP contribution in [0.25, 0.3) is 0 Å². The van der Waals surface area contributed by atoms with Gasteiger partial charge >= 0.3 is 0 Å². The molecule has 1 N–H and O–H groups in total. The van der Waals surface area contributed by atoms with Gasteiger partial charge in [-0.25, -0.2) is 9.97 Å². The first-order chi connectivity index (χ1) is 6.27. The van der Waals surface area contributed by atoms with Crippen molar-refractivity contribution < 1.29 is 5.11 Å². The minimum absolute atomic E-state index is 0.266. The fourth-order valence-corrected chi connectivity index (χ4v) is 1.68. The summed E-state index contributed by atoms with van der Waals surface area (Å²) in [6.07, 6.45) is 3.66. The predicted octanol–water partition coefficient (Wildman–Crippen LogP) is 0.701. The number of aliphatic hydroxyl groups excluding tert-OH is 1. The molecule has 0 aliphatic carbocycles. The standard InChI is InChI=1S/C8H10ClN3O/c9-7-8(11-3-2-10-7)12-4-1-6(13)5-12/h2-3,6,13H,1,4-5H2/t6-/m0/s1. The van der Waals surface area contributed by atoms with E-state index in [0.717, 1.165) is 13.0 Å². The van der Waals surface area contributed by atoms with Gasteiger partial charge in [-0.15, -0.1) is 0 Å². The van der Waals surface area contributed by atoms with Crippen molar-refractivity contribution in [1.82, 2.24) is 9.97 Å². The van der Waals surface area contributed by atoms with E-state index in [1.54, 1.807) is 12.4 Å². The van der Waals surface area contributed by atoms with Gasteiger partial charge in [-0.2, -0.15) is 0 Å². The topological polar surface area (TPSA) is 49.2 Å². The van der Waals surface area contributed by atoms with Gasteiger partial charge in [0, 0.05) is 25.5 Å². The molecule has 13 heavy (non-hydrogen) atoms. The fraction of sp³-hybridized carbons (Fsp3) is 0.500. The van der Waals surface area contributed by atoms with Crippen molar-refractivity contribution in [1.29, 1.82) is 0 Å². The largest absolute Gasteiger partial charge is 0.391 e. The molecule has 0 bridgehead atoms. The molecule has 1 aromatic rings. The highest BCUT2D eigenvalue weighted by Gasteiger charge is 2.23. The highest BCUT2D eigenvalue weighted by molar-refractivity contribution is 6.31. The Labute approximate surface area is 81.2 Å². The van der Waals surface area contributed by atoms with E-state index >= 15 is 0 Å². The van der Waals surface area contributed by atoms with Crippen LogP contribution < -0.4 is 4.90 Å². The first kappa shape index (κ1) is 8.72. The molecular weight excluding hydrogens is 190 g/mol. The lowest BCUT2D eigenvalue weighted by atomic mass is 10.3. The van der Waals surface area contributed by atoms with Crippen molar-refractivity contribution in [3.05, 3.63) is 17.5 Å². The molecule has 5 heteroatoms. The van der Waals surface area contributed by atoms with Gasteiger partial charge in [0.2, 0.25) is 0 Å². The molecule has 1 aliphatic heterocycles. The lowest BCUT2D eigenvalue weighted by Crippen LogP contribution is -2.22. The summed E-state index contributed by atoms with van der Waals surface area (Å²) < 4.78 is 0. The third-order valence-electron chi connectivity index (χ3n) is 2.10. The summed E-state index contributed by atoms with van der Waals surface area (Å²) in [5, 5.41) is 9.72. The van der Waals surface area contributed by atoms with E-state index in [4.69, 9.17) is 11.6 Å². The lowest BCUT2D eigenvalue weighted by Gasteiger charge is -2.16. The zero-order valence-corrected chi connectivity index (χ0v) is 7.78. The van der Waals surface area contributed by atoms with Gasteiger partial charge in [-0.3, -0.25) is 0 Å². The molecule has 0 unspecified atom stereocenters. The lowest BCUT2D eigenvalue weighted by molar-refractivity contribution is 0.198. The Morgan fingerprint density at radius 2 is 2.23 bits per heavy atom. The third-order valence-corrected chi connectivity index (χ3v) is 2.37. The number of hydrogen-bond donors (Lipinski definition) is 1. The molecule has 4 nitrogen and oxygen atoms in total. The van der Waals surface area contributed by atoms with Gasteiger partial charge in [-0.05, 0) is 6.42 Å². The van der Waals surface area contributed by atoms with Gasteiger partial charge in [0.1, 0.15) is 0 Å².